The highest BCUT2D eigenvalue weighted by atomic mass is 16.5. The molecule has 0 saturated heterocycles. The average molecular weight is 375 g/mol. The highest BCUT2D eigenvalue weighted by Crippen LogP contribution is 2.24. The molecule has 1 nitrogen and oxygen atoms in total. The zero-order chi connectivity index (χ0) is 19.4. The standard InChI is InChI=1S/C26H46O/c1-3-5-7-8-9-10-11-12-13-14-15-19-23-26(27-24-20-6-4-2)25-21-17-16-18-22-25/h16-18,21-22,26H,3-15,19-20,23-24H2,1-2H3. The summed E-state index contributed by atoms with van der Waals surface area (Å²) in [6, 6.07) is 10.8. The summed E-state index contributed by atoms with van der Waals surface area (Å²) in [6.45, 7) is 5.45. The van der Waals surface area contributed by atoms with Gasteiger partial charge in [0, 0.05) is 6.61 Å². The van der Waals surface area contributed by atoms with Crippen LogP contribution in [0.2, 0.25) is 0 Å². The van der Waals surface area contributed by atoms with Gasteiger partial charge in [-0.15, -0.1) is 0 Å². The molecule has 0 saturated carbocycles. The van der Waals surface area contributed by atoms with Gasteiger partial charge in [0.1, 0.15) is 0 Å². The summed E-state index contributed by atoms with van der Waals surface area (Å²) < 4.78 is 6.23. The molecule has 0 aromatic heterocycles. The van der Waals surface area contributed by atoms with E-state index in [1.807, 2.05) is 0 Å². The van der Waals surface area contributed by atoms with Crippen molar-refractivity contribution in [1.82, 2.24) is 0 Å². The minimum atomic E-state index is 0.297. The first-order valence-corrected chi connectivity index (χ1v) is 12.0. The van der Waals surface area contributed by atoms with Crippen molar-refractivity contribution in [2.75, 3.05) is 6.61 Å². The molecular formula is C26H46O. The molecule has 0 aliphatic rings. The molecular weight excluding hydrogens is 328 g/mol. The largest absolute Gasteiger partial charge is 0.374 e. The van der Waals surface area contributed by atoms with Crippen LogP contribution in [0.3, 0.4) is 0 Å². The van der Waals surface area contributed by atoms with E-state index in [2.05, 4.69) is 44.2 Å². The minimum absolute atomic E-state index is 0.297. The lowest BCUT2D eigenvalue weighted by Crippen LogP contribution is -2.06. The van der Waals surface area contributed by atoms with E-state index in [4.69, 9.17) is 4.74 Å². The first kappa shape index (κ1) is 24.2. The van der Waals surface area contributed by atoms with E-state index >= 15 is 0 Å². The quantitative estimate of drug-likeness (QED) is 0.219. The third-order valence-corrected chi connectivity index (χ3v) is 5.56. The van der Waals surface area contributed by atoms with Crippen LogP contribution in [0.1, 0.15) is 128 Å². The Bertz CT molecular complexity index is 400. The summed E-state index contributed by atoms with van der Waals surface area (Å²) >= 11 is 0. The molecule has 1 heteroatoms. The molecule has 0 aliphatic carbocycles. The predicted molar refractivity (Wildman–Crippen MR) is 120 cm³/mol. The molecule has 0 spiro atoms. The fraction of sp³-hybridized carbons (Fsp3) is 0.769. The molecule has 27 heavy (non-hydrogen) atoms. The molecule has 0 N–H and O–H groups in total. The van der Waals surface area contributed by atoms with Crippen molar-refractivity contribution in [3.05, 3.63) is 35.9 Å². The number of hydrogen-bond donors (Lipinski definition) is 0. The van der Waals surface area contributed by atoms with Crippen LogP contribution in [0.15, 0.2) is 30.3 Å². The van der Waals surface area contributed by atoms with Crippen molar-refractivity contribution in [3.63, 3.8) is 0 Å². The normalized spacial score (nSPS) is 12.4. The third-order valence-electron chi connectivity index (χ3n) is 5.56. The molecule has 0 amide bonds. The fourth-order valence-electron chi connectivity index (χ4n) is 3.76. The molecule has 0 fully saturated rings. The SMILES string of the molecule is CCCCCCCCCCCCCCC(OCCCCC)c1ccccc1. The lowest BCUT2D eigenvalue weighted by atomic mass is 10.0. The zero-order valence-corrected chi connectivity index (χ0v) is 18.4. The van der Waals surface area contributed by atoms with Crippen LogP contribution in [0.25, 0.3) is 0 Å². The van der Waals surface area contributed by atoms with Gasteiger partial charge in [-0.1, -0.05) is 134 Å². The van der Waals surface area contributed by atoms with Gasteiger partial charge in [0.2, 0.25) is 0 Å². The van der Waals surface area contributed by atoms with Crippen molar-refractivity contribution in [3.8, 4) is 0 Å². The number of benzene rings is 1. The van der Waals surface area contributed by atoms with Crippen LogP contribution in [-0.2, 0) is 4.74 Å². The van der Waals surface area contributed by atoms with Crippen LogP contribution in [0.5, 0.6) is 0 Å². The smallest absolute Gasteiger partial charge is 0.0824 e. The summed E-state index contributed by atoms with van der Waals surface area (Å²) in [5, 5.41) is 0. The summed E-state index contributed by atoms with van der Waals surface area (Å²) in [4.78, 5) is 0. The maximum Gasteiger partial charge on any atom is 0.0824 e. The number of rotatable bonds is 19. The topological polar surface area (TPSA) is 9.23 Å². The Hall–Kier alpha value is -0.820. The Balaban J connectivity index is 2.06. The van der Waals surface area contributed by atoms with Gasteiger partial charge in [-0.25, -0.2) is 0 Å². The first-order valence-electron chi connectivity index (χ1n) is 12.0. The Morgan fingerprint density at radius 2 is 1.07 bits per heavy atom. The summed E-state index contributed by atoms with van der Waals surface area (Å²) in [6.07, 6.45) is 22.1. The van der Waals surface area contributed by atoms with E-state index in [0.717, 1.165) is 6.61 Å². The van der Waals surface area contributed by atoms with E-state index in [9.17, 15) is 0 Å². The fourth-order valence-corrected chi connectivity index (χ4v) is 3.76. The first-order chi connectivity index (χ1) is 13.4. The zero-order valence-electron chi connectivity index (χ0n) is 18.4. The summed E-state index contributed by atoms with van der Waals surface area (Å²) in [7, 11) is 0. The number of ether oxygens (including phenoxy) is 1. The van der Waals surface area contributed by atoms with Gasteiger partial charge in [0.05, 0.1) is 6.10 Å². The number of unbranched alkanes of at least 4 members (excludes halogenated alkanes) is 13. The molecule has 0 heterocycles. The lowest BCUT2D eigenvalue weighted by Gasteiger charge is -2.18. The van der Waals surface area contributed by atoms with Gasteiger partial charge in [0.15, 0.2) is 0 Å². The summed E-state index contributed by atoms with van der Waals surface area (Å²) in [5.41, 5.74) is 1.36. The van der Waals surface area contributed by atoms with E-state index < -0.39 is 0 Å². The Morgan fingerprint density at radius 3 is 1.63 bits per heavy atom. The van der Waals surface area contributed by atoms with Crippen molar-refractivity contribution in [2.24, 2.45) is 0 Å². The van der Waals surface area contributed by atoms with Gasteiger partial charge >= 0.3 is 0 Å². The van der Waals surface area contributed by atoms with E-state index in [1.165, 1.54) is 108 Å². The van der Waals surface area contributed by atoms with E-state index in [0.29, 0.717) is 6.10 Å². The second kappa shape index (κ2) is 18.5. The van der Waals surface area contributed by atoms with Gasteiger partial charge < -0.3 is 4.74 Å². The van der Waals surface area contributed by atoms with Gasteiger partial charge in [-0.2, -0.15) is 0 Å². The molecule has 1 unspecified atom stereocenters. The van der Waals surface area contributed by atoms with Crippen LogP contribution in [-0.4, -0.2) is 6.61 Å². The Morgan fingerprint density at radius 1 is 0.593 bits per heavy atom. The Labute approximate surface area is 170 Å². The average Bonchev–Trinajstić information content (AvgIpc) is 2.71. The van der Waals surface area contributed by atoms with Crippen molar-refractivity contribution < 1.29 is 4.74 Å². The maximum absolute atomic E-state index is 6.23. The minimum Gasteiger partial charge on any atom is -0.374 e. The maximum atomic E-state index is 6.23. The van der Waals surface area contributed by atoms with Crippen LogP contribution in [0, 0.1) is 0 Å². The monoisotopic (exact) mass is 374 g/mol. The molecule has 1 aromatic carbocycles. The van der Waals surface area contributed by atoms with Crippen LogP contribution < -0.4 is 0 Å². The van der Waals surface area contributed by atoms with Gasteiger partial charge in [-0.3, -0.25) is 0 Å². The molecule has 1 aromatic rings. The predicted octanol–water partition coefficient (Wildman–Crippen LogP) is 9.03. The van der Waals surface area contributed by atoms with Crippen LogP contribution >= 0.6 is 0 Å². The van der Waals surface area contributed by atoms with E-state index in [1.54, 1.807) is 0 Å². The molecule has 1 rings (SSSR count). The molecule has 0 aliphatic heterocycles. The van der Waals surface area contributed by atoms with Crippen molar-refractivity contribution >= 4 is 0 Å². The van der Waals surface area contributed by atoms with Crippen LogP contribution in [0.4, 0.5) is 0 Å². The van der Waals surface area contributed by atoms with Crippen molar-refractivity contribution in [1.29, 1.82) is 0 Å². The molecule has 1 atom stereocenters. The second-order valence-electron chi connectivity index (χ2n) is 8.15. The van der Waals surface area contributed by atoms with Crippen molar-refractivity contribution in [2.45, 2.75) is 123 Å². The third kappa shape index (κ3) is 13.9. The molecule has 0 bridgehead atoms. The summed E-state index contributed by atoms with van der Waals surface area (Å²) in [5.74, 6) is 0. The van der Waals surface area contributed by atoms with Gasteiger partial charge in [-0.05, 0) is 18.4 Å². The van der Waals surface area contributed by atoms with E-state index in [-0.39, 0.29) is 0 Å². The highest BCUT2D eigenvalue weighted by Gasteiger charge is 2.11. The molecule has 0 radical (unpaired) electrons. The molecule has 156 valence electrons. The highest BCUT2D eigenvalue weighted by molar-refractivity contribution is 5.17. The lowest BCUT2D eigenvalue weighted by molar-refractivity contribution is 0.0423. The van der Waals surface area contributed by atoms with Gasteiger partial charge in [0.25, 0.3) is 0 Å². The number of hydrogen-bond acceptors (Lipinski definition) is 1. The Kier molecular flexibility index (Phi) is 16.6. The second-order valence-corrected chi connectivity index (χ2v) is 8.15.